The summed E-state index contributed by atoms with van der Waals surface area (Å²) in [6.07, 6.45) is 3.45. The zero-order valence-electron chi connectivity index (χ0n) is 12.5. The molecule has 1 N–H and O–H groups in total. The standard InChI is InChI=1S/C16H25N3/c1-12(2)17-11-15-9-14(4)18-16(10-15)19-7-5-13(3)6-8-19/h5,9-10,12,17H,6-8,11H2,1-4H3. The predicted molar refractivity (Wildman–Crippen MR) is 81.5 cm³/mol. The molecule has 2 rings (SSSR count). The van der Waals surface area contributed by atoms with Gasteiger partial charge in [0.05, 0.1) is 0 Å². The fourth-order valence-corrected chi connectivity index (χ4v) is 2.29. The van der Waals surface area contributed by atoms with E-state index in [0.29, 0.717) is 6.04 Å². The van der Waals surface area contributed by atoms with Crippen LogP contribution in [-0.2, 0) is 6.54 Å². The van der Waals surface area contributed by atoms with Gasteiger partial charge in [-0.2, -0.15) is 0 Å². The summed E-state index contributed by atoms with van der Waals surface area (Å²) in [6, 6.07) is 4.90. The van der Waals surface area contributed by atoms with Crippen LogP contribution in [-0.4, -0.2) is 24.1 Å². The number of hydrogen-bond donors (Lipinski definition) is 1. The van der Waals surface area contributed by atoms with E-state index in [0.717, 1.165) is 37.6 Å². The minimum Gasteiger partial charge on any atom is -0.353 e. The lowest BCUT2D eigenvalue weighted by Gasteiger charge is -2.27. The van der Waals surface area contributed by atoms with Crippen molar-refractivity contribution in [2.75, 3.05) is 18.0 Å². The first-order chi connectivity index (χ1) is 9.04. The number of aromatic nitrogens is 1. The van der Waals surface area contributed by atoms with Gasteiger partial charge in [0.2, 0.25) is 0 Å². The van der Waals surface area contributed by atoms with Crippen molar-refractivity contribution in [3.63, 3.8) is 0 Å². The maximum Gasteiger partial charge on any atom is 0.129 e. The van der Waals surface area contributed by atoms with Crippen molar-refractivity contribution in [2.24, 2.45) is 0 Å². The monoisotopic (exact) mass is 259 g/mol. The molecule has 0 radical (unpaired) electrons. The minimum atomic E-state index is 0.512. The van der Waals surface area contributed by atoms with E-state index in [-0.39, 0.29) is 0 Å². The van der Waals surface area contributed by atoms with Crippen LogP contribution in [0.4, 0.5) is 5.82 Å². The molecule has 0 saturated heterocycles. The summed E-state index contributed by atoms with van der Waals surface area (Å²) in [7, 11) is 0. The Bertz CT molecular complexity index is 463. The van der Waals surface area contributed by atoms with Crippen LogP contribution in [0.5, 0.6) is 0 Å². The molecule has 1 aliphatic rings. The Labute approximate surface area is 116 Å². The highest BCUT2D eigenvalue weighted by molar-refractivity contribution is 5.44. The predicted octanol–water partition coefficient (Wildman–Crippen LogP) is 3.04. The van der Waals surface area contributed by atoms with Gasteiger partial charge in [-0.1, -0.05) is 25.5 Å². The molecule has 1 aliphatic heterocycles. The van der Waals surface area contributed by atoms with Crippen molar-refractivity contribution in [3.8, 4) is 0 Å². The van der Waals surface area contributed by atoms with Gasteiger partial charge in [-0.25, -0.2) is 4.98 Å². The van der Waals surface area contributed by atoms with Crippen LogP contribution in [0.2, 0.25) is 0 Å². The van der Waals surface area contributed by atoms with Crippen molar-refractivity contribution in [1.82, 2.24) is 10.3 Å². The third kappa shape index (κ3) is 4.06. The quantitative estimate of drug-likeness (QED) is 0.842. The number of pyridine rings is 1. The largest absolute Gasteiger partial charge is 0.353 e. The third-order valence-corrected chi connectivity index (χ3v) is 3.47. The van der Waals surface area contributed by atoms with Gasteiger partial charge in [0.1, 0.15) is 5.82 Å². The smallest absolute Gasteiger partial charge is 0.129 e. The lowest BCUT2D eigenvalue weighted by Crippen LogP contribution is -2.29. The normalized spacial score (nSPS) is 15.8. The van der Waals surface area contributed by atoms with Crippen molar-refractivity contribution in [2.45, 2.75) is 46.7 Å². The molecule has 0 aromatic carbocycles. The molecule has 3 nitrogen and oxygen atoms in total. The van der Waals surface area contributed by atoms with E-state index in [1.54, 1.807) is 0 Å². The number of rotatable bonds is 4. The highest BCUT2D eigenvalue weighted by Gasteiger charge is 2.12. The first kappa shape index (κ1) is 14.1. The van der Waals surface area contributed by atoms with Gasteiger partial charge in [0, 0.05) is 31.4 Å². The van der Waals surface area contributed by atoms with Crippen molar-refractivity contribution in [3.05, 3.63) is 35.0 Å². The molecule has 0 saturated carbocycles. The van der Waals surface area contributed by atoms with E-state index < -0.39 is 0 Å². The fraction of sp³-hybridized carbons (Fsp3) is 0.562. The maximum absolute atomic E-state index is 4.68. The molecule has 0 unspecified atom stereocenters. The highest BCUT2D eigenvalue weighted by atomic mass is 15.2. The molecular formula is C16H25N3. The first-order valence-electron chi connectivity index (χ1n) is 7.16. The Hall–Kier alpha value is -1.35. The zero-order chi connectivity index (χ0) is 13.8. The number of hydrogen-bond acceptors (Lipinski definition) is 3. The van der Waals surface area contributed by atoms with Gasteiger partial charge in [-0.05, 0) is 38.0 Å². The van der Waals surface area contributed by atoms with E-state index >= 15 is 0 Å². The van der Waals surface area contributed by atoms with Crippen molar-refractivity contribution in [1.29, 1.82) is 0 Å². The zero-order valence-corrected chi connectivity index (χ0v) is 12.5. The van der Waals surface area contributed by atoms with Crippen LogP contribution in [0.25, 0.3) is 0 Å². The summed E-state index contributed by atoms with van der Waals surface area (Å²) in [6.45, 7) is 11.6. The Kier molecular flexibility index (Phi) is 4.59. The van der Waals surface area contributed by atoms with Gasteiger partial charge in [-0.3, -0.25) is 0 Å². The number of nitrogens with zero attached hydrogens (tertiary/aromatic N) is 2. The summed E-state index contributed by atoms with van der Waals surface area (Å²) in [5, 5.41) is 3.47. The van der Waals surface area contributed by atoms with Crippen LogP contribution in [0.3, 0.4) is 0 Å². The summed E-state index contributed by atoms with van der Waals surface area (Å²) >= 11 is 0. The van der Waals surface area contributed by atoms with Gasteiger partial charge < -0.3 is 10.2 Å². The van der Waals surface area contributed by atoms with E-state index in [4.69, 9.17) is 0 Å². The topological polar surface area (TPSA) is 28.2 Å². The molecule has 2 heterocycles. The van der Waals surface area contributed by atoms with Crippen LogP contribution in [0, 0.1) is 6.92 Å². The third-order valence-electron chi connectivity index (χ3n) is 3.47. The molecule has 1 aromatic rings. The molecule has 0 atom stereocenters. The molecule has 0 bridgehead atoms. The molecule has 1 aromatic heterocycles. The number of nitrogens with one attached hydrogen (secondary N) is 1. The second-order valence-electron chi connectivity index (χ2n) is 5.76. The Balaban J connectivity index is 2.12. The Morgan fingerprint density at radius 2 is 2.11 bits per heavy atom. The van der Waals surface area contributed by atoms with Gasteiger partial charge in [0.15, 0.2) is 0 Å². The van der Waals surface area contributed by atoms with Crippen LogP contribution in [0.1, 0.15) is 38.4 Å². The number of aryl methyl sites for hydroxylation is 1. The average molecular weight is 259 g/mol. The Morgan fingerprint density at radius 3 is 2.74 bits per heavy atom. The van der Waals surface area contributed by atoms with E-state index in [9.17, 15) is 0 Å². The van der Waals surface area contributed by atoms with E-state index in [1.165, 1.54) is 11.1 Å². The molecule has 0 aliphatic carbocycles. The maximum atomic E-state index is 4.68. The lowest BCUT2D eigenvalue weighted by molar-refractivity contribution is 0.588. The summed E-state index contributed by atoms with van der Waals surface area (Å²) in [5.74, 6) is 1.12. The molecule has 0 fully saturated rings. The summed E-state index contributed by atoms with van der Waals surface area (Å²) < 4.78 is 0. The van der Waals surface area contributed by atoms with Crippen molar-refractivity contribution >= 4 is 5.82 Å². The second kappa shape index (κ2) is 6.20. The fourth-order valence-electron chi connectivity index (χ4n) is 2.29. The minimum absolute atomic E-state index is 0.512. The van der Waals surface area contributed by atoms with Crippen LogP contribution in [0.15, 0.2) is 23.8 Å². The SMILES string of the molecule is CC1=CCN(c2cc(CNC(C)C)cc(C)n2)CC1. The molecule has 3 heteroatoms. The molecule has 104 valence electrons. The van der Waals surface area contributed by atoms with E-state index in [1.807, 2.05) is 0 Å². The lowest BCUT2D eigenvalue weighted by atomic mass is 10.1. The number of anilines is 1. The Morgan fingerprint density at radius 1 is 1.32 bits per heavy atom. The van der Waals surface area contributed by atoms with Gasteiger partial charge >= 0.3 is 0 Å². The summed E-state index contributed by atoms with van der Waals surface area (Å²) in [4.78, 5) is 7.04. The molecule has 0 spiro atoms. The van der Waals surface area contributed by atoms with Crippen molar-refractivity contribution < 1.29 is 0 Å². The average Bonchev–Trinajstić information content (AvgIpc) is 2.36. The molecule has 19 heavy (non-hydrogen) atoms. The molecular weight excluding hydrogens is 234 g/mol. The van der Waals surface area contributed by atoms with Crippen LogP contribution >= 0.6 is 0 Å². The first-order valence-corrected chi connectivity index (χ1v) is 7.16. The summed E-state index contributed by atoms with van der Waals surface area (Å²) in [5.41, 5.74) is 3.91. The van der Waals surface area contributed by atoms with Gasteiger partial charge in [-0.15, -0.1) is 0 Å². The highest BCUT2D eigenvalue weighted by Crippen LogP contribution is 2.19. The van der Waals surface area contributed by atoms with Crippen LogP contribution < -0.4 is 10.2 Å². The molecule has 0 amide bonds. The second-order valence-corrected chi connectivity index (χ2v) is 5.76. The van der Waals surface area contributed by atoms with E-state index in [2.05, 4.69) is 61.1 Å². The van der Waals surface area contributed by atoms with Gasteiger partial charge in [0.25, 0.3) is 0 Å².